The lowest BCUT2D eigenvalue weighted by molar-refractivity contribution is -0.138. The van der Waals surface area contributed by atoms with E-state index in [0.29, 0.717) is 5.75 Å². The first kappa shape index (κ1) is 13.0. The Labute approximate surface area is 98.7 Å². The molecule has 0 bridgehead atoms. The number of hydrogen-bond acceptors (Lipinski definition) is 4. The lowest BCUT2D eigenvalue weighted by Crippen LogP contribution is -2.32. The molecule has 0 aliphatic heterocycles. The van der Waals surface area contributed by atoms with Crippen molar-refractivity contribution >= 4 is 11.8 Å². The van der Waals surface area contributed by atoms with Crippen molar-refractivity contribution in [3.05, 3.63) is 29.8 Å². The van der Waals surface area contributed by atoms with Crippen LogP contribution in [0.25, 0.3) is 0 Å². The number of amidine groups is 1. The van der Waals surface area contributed by atoms with Crippen LogP contribution in [-0.4, -0.2) is 29.6 Å². The summed E-state index contributed by atoms with van der Waals surface area (Å²) < 4.78 is 5.18. The van der Waals surface area contributed by atoms with E-state index < -0.39 is 12.0 Å². The summed E-state index contributed by atoms with van der Waals surface area (Å²) in [6.45, 7) is 0.0357. The number of benzene rings is 1. The van der Waals surface area contributed by atoms with Crippen LogP contribution in [0.3, 0.4) is 0 Å². The Bertz CT molecular complexity index is 403. The molecule has 1 aromatic carbocycles. The highest BCUT2D eigenvalue weighted by Gasteiger charge is 2.11. The largest absolute Gasteiger partial charge is 0.486 e. The Balaban J connectivity index is 2.55. The standard InChI is InChI=1S/C11H15N3O3/c12-9(11(15)16)5-7-1-3-8(4-2-7)17-6-10(13)14/h1-4,9H,5-6,12H2,(H3,13,14)(H,15,16). The van der Waals surface area contributed by atoms with E-state index in [1.54, 1.807) is 24.3 Å². The maximum Gasteiger partial charge on any atom is 0.320 e. The molecule has 0 saturated carbocycles. The number of carbonyl (C=O) groups is 1. The van der Waals surface area contributed by atoms with Crippen molar-refractivity contribution in [2.24, 2.45) is 11.5 Å². The molecule has 0 heterocycles. The lowest BCUT2D eigenvalue weighted by atomic mass is 10.1. The normalized spacial score (nSPS) is 11.8. The van der Waals surface area contributed by atoms with E-state index in [-0.39, 0.29) is 18.9 Å². The minimum atomic E-state index is -1.03. The number of hydrogen-bond donors (Lipinski definition) is 4. The quantitative estimate of drug-likeness (QED) is 0.408. The number of carboxylic acids is 1. The molecule has 6 nitrogen and oxygen atoms in total. The maximum atomic E-state index is 10.6. The van der Waals surface area contributed by atoms with E-state index in [1.807, 2.05) is 0 Å². The van der Waals surface area contributed by atoms with Crippen LogP contribution >= 0.6 is 0 Å². The summed E-state index contributed by atoms with van der Waals surface area (Å²) in [4.78, 5) is 10.6. The molecule has 0 aliphatic rings. The van der Waals surface area contributed by atoms with Gasteiger partial charge in [-0.2, -0.15) is 0 Å². The van der Waals surface area contributed by atoms with Gasteiger partial charge in [0.05, 0.1) is 0 Å². The van der Waals surface area contributed by atoms with Gasteiger partial charge in [-0.3, -0.25) is 10.2 Å². The van der Waals surface area contributed by atoms with Crippen molar-refractivity contribution in [3.63, 3.8) is 0 Å². The average molecular weight is 237 g/mol. The van der Waals surface area contributed by atoms with Crippen LogP contribution in [0.5, 0.6) is 5.75 Å². The lowest BCUT2D eigenvalue weighted by Gasteiger charge is -2.08. The third kappa shape index (κ3) is 4.52. The van der Waals surface area contributed by atoms with Crippen LogP contribution in [0.1, 0.15) is 5.56 Å². The van der Waals surface area contributed by atoms with Crippen LogP contribution in [0, 0.1) is 5.41 Å². The highest BCUT2D eigenvalue weighted by Crippen LogP contribution is 2.13. The molecule has 0 radical (unpaired) electrons. The van der Waals surface area contributed by atoms with Crippen molar-refractivity contribution in [2.45, 2.75) is 12.5 Å². The van der Waals surface area contributed by atoms with Gasteiger partial charge in [-0.05, 0) is 24.1 Å². The SMILES string of the molecule is N=C(N)COc1ccc(CC(N)C(=O)O)cc1. The molecule has 0 saturated heterocycles. The summed E-state index contributed by atoms with van der Waals surface area (Å²) >= 11 is 0. The zero-order chi connectivity index (χ0) is 12.8. The minimum absolute atomic E-state index is 0.0357. The van der Waals surface area contributed by atoms with Crippen LogP contribution < -0.4 is 16.2 Å². The third-order valence-electron chi connectivity index (χ3n) is 2.09. The van der Waals surface area contributed by atoms with Gasteiger partial charge in [-0.25, -0.2) is 0 Å². The first-order valence-electron chi connectivity index (χ1n) is 5.02. The van der Waals surface area contributed by atoms with Crippen molar-refractivity contribution in [2.75, 3.05) is 6.61 Å². The summed E-state index contributed by atoms with van der Waals surface area (Å²) in [6, 6.07) is 5.94. The van der Waals surface area contributed by atoms with Gasteiger partial charge in [0.1, 0.15) is 24.2 Å². The van der Waals surface area contributed by atoms with Gasteiger partial charge in [0.25, 0.3) is 0 Å². The van der Waals surface area contributed by atoms with Crippen molar-refractivity contribution in [1.82, 2.24) is 0 Å². The summed E-state index contributed by atoms with van der Waals surface area (Å²) in [5.41, 5.74) is 11.4. The van der Waals surface area contributed by atoms with Gasteiger partial charge in [-0.15, -0.1) is 0 Å². The Morgan fingerprint density at radius 2 is 2.00 bits per heavy atom. The number of aliphatic carboxylic acids is 1. The molecule has 1 rings (SSSR count). The molecule has 0 aliphatic carbocycles. The number of carboxylic acid groups (broad SMARTS) is 1. The van der Waals surface area contributed by atoms with E-state index in [2.05, 4.69) is 0 Å². The number of nitrogens with two attached hydrogens (primary N) is 2. The third-order valence-corrected chi connectivity index (χ3v) is 2.09. The highest BCUT2D eigenvalue weighted by atomic mass is 16.5. The van der Waals surface area contributed by atoms with Crippen molar-refractivity contribution < 1.29 is 14.6 Å². The van der Waals surface area contributed by atoms with Gasteiger partial charge in [0.2, 0.25) is 0 Å². The predicted octanol–water partition coefficient (Wildman–Crippen LogP) is -0.0442. The fourth-order valence-corrected chi connectivity index (χ4v) is 1.22. The van der Waals surface area contributed by atoms with E-state index >= 15 is 0 Å². The number of ether oxygens (including phenoxy) is 1. The van der Waals surface area contributed by atoms with E-state index in [0.717, 1.165) is 5.56 Å². The molecule has 0 fully saturated rings. The topological polar surface area (TPSA) is 122 Å². The zero-order valence-corrected chi connectivity index (χ0v) is 9.22. The van der Waals surface area contributed by atoms with Gasteiger partial charge >= 0.3 is 5.97 Å². The Morgan fingerprint density at radius 3 is 2.47 bits per heavy atom. The maximum absolute atomic E-state index is 10.6. The molecule has 6 heteroatoms. The zero-order valence-electron chi connectivity index (χ0n) is 9.22. The van der Waals surface area contributed by atoms with Crippen LogP contribution in [0.15, 0.2) is 24.3 Å². The number of nitrogens with one attached hydrogen (secondary N) is 1. The van der Waals surface area contributed by atoms with Crippen LogP contribution in [0.4, 0.5) is 0 Å². The van der Waals surface area contributed by atoms with Crippen LogP contribution in [0.2, 0.25) is 0 Å². The molecule has 1 aromatic rings. The Hall–Kier alpha value is -2.08. The number of rotatable bonds is 6. The second-order valence-electron chi connectivity index (χ2n) is 3.61. The molecule has 0 aromatic heterocycles. The smallest absolute Gasteiger partial charge is 0.320 e. The van der Waals surface area contributed by atoms with Gasteiger partial charge in [0, 0.05) is 0 Å². The summed E-state index contributed by atoms with van der Waals surface area (Å²) in [6.07, 6.45) is 0.266. The predicted molar refractivity (Wildman–Crippen MR) is 63.2 cm³/mol. The highest BCUT2D eigenvalue weighted by molar-refractivity contribution is 5.78. The van der Waals surface area contributed by atoms with E-state index in [9.17, 15) is 4.79 Å². The van der Waals surface area contributed by atoms with E-state index in [4.69, 9.17) is 26.7 Å². The molecule has 1 atom stereocenters. The molecule has 0 spiro atoms. The monoisotopic (exact) mass is 237 g/mol. The summed E-state index contributed by atoms with van der Waals surface area (Å²) in [7, 11) is 0. The molecule has 17 heavy (non-hydrogen) atoms. The summed E-state index contributed by atoms with van der Waals surface area (Å²) in [5.74, 6) is -0.503. The van der Waals surface area contributed by atoms with E-state index in [1.165, 1.54) is 0 Å². The molecule has 1 unspecified atom stereocenters. The van der Waals surface area contributed by atoms with Crippen molar-refractivity contribution in [3.8, 4) is 5.75 Å². The van der Waals surface area contributed by atoms with Gasteiger partial charge in [-0.1, -0.05) is 12.1 Å². The molecule has 0 amide bonds. The second kappa shape index (κ2) is 5.86. The fourth-order valence-electron chi connectivity index (χ4n) is 1.22. The molecular weight excluding hydrogens is 222 g/mol. The summed E-state index contributed by atoms with van der Waals surface area (Å²) in [5, 5.41) is 15.7. The minimum Gasteiger partial charge on any atom is -0.486 e. The molecule has 6 N–H and O–H groups in total. The van der Waals surface area contributed by atoms with Crippen molar-refractivity contribution in [1.29, 1.82) is 5.41 Å². The average Bonchev–Trinajstić information content (AvgIpc) is 2.28. The fraction of sp³-hybridized carbons (Fsp3) is 0.273. The second-order valence-corrected chi connectivity index (χ2v) is 3.61. The Morgan fingerprint density at radius 1 is 1.41 bits per heavy atom. The van der Waals surface area contributed by atoms with Gasteiger partial charge < -0.3 is 21.3 Å². The Kier molecular flexibility index (Phi) is 4.47. The first-order chi connectivity index (χ1) is 7.99. The first-order valence-corrected chi connectivity index (χ1v) is 5.02. The molecular formula is C11H15N3O3. The molecule has 92 valence electrons. The van der Waals surface area contributed by atoms with Gasteiger partial charge in [0.15, 0.2) is 0 Å². The van der Waals surface area contributed by atoms with Crippen LogP contribution in [-0.2, 0) is 11.2 Å².